The van der Waals surface area contributed by atoms with E-state index in [1.807, 2.05) is 0 Å². The van der Waals surface area contributed by atoms with Gasteiger partial charge in [0, 0.05) is 17.4 Å². The zero-order valence-electron chi connectivity index (χ0n) is 10.5. The Morgan fingerprint density at radius 2 is 2.15 bits per heavy atom. The Kier molecular flexibility index (Phi) is 3.60. The molecule has 7 nitrogen and oxygen atoms in total. The third-order valence-corrected chi connectivity index (χ3v) is 2.65. The highest BCUT2D eigenvalue weighted by molar-refractivity contribution is 5.89. The molecule has 2 aromatic rings. The van der Waals surface area contributed by atoms with E-state index >= 15 is 0 Å². The molecular formula is C13H11N3O4. The lowest BCUT2D eigenvalue weighted by Crippen LogP contribution is -2.00. The number of aromatic carboxylic acids is 1. The molecule has 2 N–H and O–H groups in total. The number of hydrogen-bond donors (Lipinski definition) is 2. The van der Waals surface area contributed by atoms with Crippen LogP contribution in [0.5, 0.6) is 0 Å². The van der Waals surface area contributed by atoms with E-state index in [1.165, 1.54) is 24.4 Å². The first-order chi connectivity index (χ1) is 9.47. The molecule has 0 saturated heterocycles. The van der Waals surface area contributed by atoms with Crippen LogP contribution >= 0.6 is 0 Å². The lowest BCUT2D eigenvalue weighted by atomic mass is 10.2. The lowest BCUT2D eigenvalue weighted by molar-refractivity contribution is -0.385. The maximum Gasteiger partial charge on any atom is 0.335 e. The van der Waals surface area contributed by atoms with E-state index in [0.717, 1.165) is 0 Å². The molecule has 0 aliphatic rings. The number of nitrogens with zero attached hydrogens (tertiary/aromatic N) is 2. The minimum absolute atomic E-state index is 0.0445. The van der Waals surface area contributed by atoms with E-state index in [4.69, 9.17) is 5.11 Å². The molecule has 7 heteroatoms. The Morgan fingerprint density at radius 1 is 1.40 bits per heavy atom. The SMILES string of the molecule is Cc1cnc(Nc2cccc(C(=O)O)c2)cc1[N+](=O)[O-]. The largest absolute Gasteiger partial charge is 0.478 e. The van der Waals surface area contributed by atoms with Crippen LogP contribution < -0.4 is 5.32 Å². The van der Waals surface area contributed by atoms with Crippen molar-refractivity contribution in [3.05, 3.63) is 57.8 Å². The summed E-state index contributed by atoms with van der Waals surface area (Å²) < 4.78 is 0. The van der Waals surface area contributed by atoms with E-state index in [1.54, 1.807) is 19.1 Å². The highest BCUT2D eigenvalue weighted by Gasteiger charge is 2.12. The van der Waals surface area contributed by atoms with Crippen LogP contribution in [0.15, 0.2) is 36.5 Å². The summed E-state index contributed by atoms with van der Waals surface area (Å²) in [6.07, 6.45) is 1.39. The predicted molar refractivity (Wildman–Crippen MR) is 72.3 cm³/mol. The first-order valence-corrected chi connectivity index (χ1v) is 5.69. The van der Waals surface area contributed by atoms with Crippen LogP contribution in [0.4, 0.5) is 17.2 Å². The Morgan fingerprint density at radius 3 is 2.80 bits per heavy atom. The molecule has 0 radical (unpaired) electrons. The van der Waals surface area contributed by atoms with Gasteiger partial charge in [-0.25, -0.2) is 9.78 Å². The molecule has 1 heterocycles. The summed E-state index contributed by atoms with van der Waals surface area (Å²) >= 11 is 0. The number of aryl methyl sites for hydroxylation is 1. The molecule has 0 aliphatic heterocycles. The van der Waals surface area contributed by atoms with E-state index in [9.17, 15) is 14.9 Å². The Bertz CT molecular complexity index is 685. The van der Waals surface area contributed by atoms with Crippen LogP contribution in [0, 0.1) is 17.0 Å². The number of pyridine rings is 1. The van der Waals surface area contributed by atoms with E-state index in [0.29, 0.717) is 11.3 Å². The number of aromatic nitrogens is 1. The molecule has 1 aromatic carbocycles. The molecular weight excluding hydrogens is 262 g/mol. The smallest absolute Gasteiger partial charge is 0.335 e. The number of anilines is 2. The summed E-state index contributed by atoms with van der Waals surface area (Å²) in [6.45, 7) is 1.60. The molecule has 102 valence electrons. The number of carboxylic acids is 1. The average molecular weight is 273 g/mol. The first-order valence-electron chi connectivity index (χ1n) is 5.69. The number of hydrogen-bond acceptors (Lipinski definition) is 5. The first kappa shape index (κ1) is 13.5. The Hall–Kier alpha value is -2.96. The molecule has 0 fully saturated rings. The normalized spacial score (nSPS) is 10.1. The number of nitrogens with one attached hydrogen (secondary N) is 1. The van der Waals surface area contributed by atoms with Crippen LogP contribution in [-0.2, 0) is 0 Å². The van der Waals surface area contributed by atoms with Crippen molar-refractivity contribution in [2.45, 2.75) is 6.92 Å². The van der Waals surface area contributed by atoms with Gasteiger partial charge in [-0.05, 0) is 25.1 Å². The minimum atomic E-state index is -1.04. The number of benzene rings is 1. The van der Waals surface area contributed by atoms with Gasteiger partial charge in [0.15, 0.2) is 0 Å². The van der Waals surface area contributed by atoms with Crippen molar-refractivity contribution in [2.24, 2.45) is 0 Å². The van der Waals surface area contributed by atoms with Crippen LogP contribution in [-0.4, -0.2) is 21.0 Å². The summed E-state index contributed by atoms with van der Waals surface area (Å²) in [6, 6.07) is 7.42. The summed E-state index contributed by atoms with van der Waals surface area (Å²) in [5.41, 5.74) is 1.03. The number of carbonyl (C=O) groups is 1. The maximum atomic E-state index is 10.9. The van der Waals surface area contributed by atoms with Gasteiger partial charge in [0.25, 0.3) is 5.69 Å². The summed E-state index contributed by atoms with van der Waals surface area (Å²) in [4.78, 5) is 25.2. The summed E-state index contributed by atoms with van der Waals surface area (Å²) in [5.74, 6) is -0.763. The highest BCUT2D eigenvalue weighted by atomic mass is 16.6. The average Bonchev–Trinajstić information content (AvgIpc) is 2.41. The van der Waals surface area contributed by atoms with Gasteiger partial charge in [0.05, 0.1) is 16.6 Å². The molecule has 0 spiro atoms. The summed E-state index contributed by atoms with van der Waals surface area (Å²) in [7, 11) is 0. The second-order valence-corrected chi connectivity index (χ2v) is 4.12. The molecule has 20 heavy (non-hydrogen) atoms. The number of rotatable bonds is 4. The van der Waals surface area contributed by atoms with Crippen molar-refractivity contribution in [3.63, 3.8) is 0 Å². The topological polar surface area (TPSA) is 105 Å². The van der Waals surface area contributed by atoms with E-state index < -0.39 is 10.9 Å². The van der Waals surface area contributed by atoms with Crippen molar-refractivity contribution in [1.82, 2.24) is 4.98 Å². The van der Waals surface area contributed by atoms with Gasteiger partial charge in [-0.15, -0.1) is 0 Å². The van der Waals surface area contributed by atoms with Crippen LogP contribution in [0.1, 0.15) is 15.9 Å². The zero-order valence-corrected chi connectivity index (χ0v) is 10.5. The van der Waals surface area contributed by atoms with Gasteiger partial charge in [0.1, 0.15) is 5.82 Å². The molecule has 0 unspecified atom stereocenters. The van der Waals surface area contributed by atoms with Gasteiger partial charge < -0.3 is 10.4 Å². The van der Waals surface area contributed by atoms with Crippen LogP contribution in [0.3, 0.4) is 0 Å². The molecule has 0 saturated carbocycles. The monoisotopic (exact) mass is 273 g/mol. The third kappa shape index (κ3) is 2.89. The molecule has 0 bridgehead atoms. The van der Waals surface area contributed by atoms with Gasteiger partial charge in [-0.2, -0.15) is 0 Å². The van der Waals surface area contributed by atoms with Gasteiger partial charge >= 0.3 is 5.97 Å². The van der Waals surface area contributed by atoms with Crippen molar-refractivity contribution in [3.8, 4) is 0 Å². The van der Waals surface area contributed by atoms with Crippen molar-refractivity contribution in [2.75, 3.05) is 5.32 Å². The van der Waals surface area contributed by atoms with Gasteiger partial charge in [0.2, 0.25) is 0 Å². The lowest BCUT2D eigenvalue weighted by Gasteiger charge is -2.07. The second-order valence-electron chi connectivity index (χ2n) is 4.12. The second kappa shape index (κ2) is 5.35. The molecule has 0 aliphatic carbocycles. The minimum Gasteiger partial charge on any atom is -0.478 e. The van der Waals surface area contributed by atoms with E-state index in [-0.39, 0.29) is 17.1 Å². The molecule has 0 amide bonds. The standard InChI is InChI=1S/C13H11N3O4/c1-8-7-14-12(6-11(8)16(19)20)15-10-4-2-3-9(5-10)13(17)18/h2-7H,1H3,(H,14,15)(H,17,18). The van der Waals surface area contributed by atoms with Gasteiger partial charge in [-0.1, -0.05) is 6.07 Å². The Balaban J connectivity index is 2.30. The number of nitro groups is 1. The predicted octanol–water partition coefficient (Wildman–Crippen LogP) is 2.74. The van der Waals surface area contributed by atoms with E-state index in [2.05, 4.69) is 10.3 Å². The summed E-state index contributed by atoms with van der Waals surface area (Å²) in [5, 5.41) is 22.6. The van der Waals surface area contributed by atoms with Crippen LogP contribution in [0.2, 0.25) is 0 Å². The zero-order chi connectivity index (χ0) is 14.7. The van der Waals surface area contributed by atoms with Crippen molar-refractivity contribution >= 4 is 23.2 Å². The van der Waals surface area contributed by atoms with Crippen molar-refractivity contribution in [1.29, 1.82) is 0 Å². The van der Waals surface area contributed by atoms with Crippen molar-refractivity contribution < 1.29 is 14.8 Å². The Labute approximate surface area is 114 Å². The van der Waals surface area contributed by atoms with Crippen LogP contribution in [0.25, 0.3) is 0 Å². The fourth-order valence-electron chi connectivity index (χ4n) is 1.66. The quantitative estimate of drug-likeness (QED) is 0.655. The molecule has 2 rings (SSSR count). The third-order valence-electron chi connectivity index (χ3n) is 2.65. The maximum absolute atomic E-state index is 10.9. The van der Waals surface area contributed by atoms with Gasteiger partial charge in [-0.3, -0.25) is 10.1 Å². The number of carboxylic acid groups (broad SMARTS) is 1. The molecule has 0 atom stereocenters. The highest BCUT2D eigenvalue weighted by Crippen LogP contribution is 2.23. The fraction of sp³-hybridized carbons (Fsp3) is 0.0769. The fourth-order valence-corrected chi connectivity index (χ4v) is 1.66. The molecule has 1 aromatic heterocycles.